The summed E-state index contributed by atoms with van der Waals surface area (Å²) in [5.74, 6) is -0.160. The number of benzene rings is 2. The van der Waals surface area contributed by atoms with Crippen molar-refractivity contribution in [2.24, 2.45) is 0 Å². The Bertz CT molecular complexity index is 1020. The molecule has 2 aromatic heterocycles. The van der Waals surface area contributed by atoms with Crippen molar-refractivity contribution in [1.82, 2.24) is 9.38 Å². The van der Waals surface area contributed by atoms with E-state index >= 15 is 0 Å². The third-order valence-electron chi connectivity index (χ3n) is 3.75. The molecule has 5 heteroatoms. The summed E-state index contributed by atoms with van der Waals surface area (Å²) in [4.78, 5) is 17.7. The molecule has 0 atom stereocenters. The van der Waals surface area contributed by atoms with Crippen molar-refractivity contribution in [3.63, 3.8) is 0 Å². The first-order valence-corrected chi connectivity index (χ1v) is 8.73. The highest BCUT2D eigenvalue weighted by atomic mass is 32.1. The molecular formula is C20H15N3OS. The van der Waals surface area contributed by atoms with Gasteiger partial charge in [0.15, 0.2) is 4.96 Å². The Balaban J connectivity index is 1.50. The summed E-state index contributed by atoms with van der Waals surface area (Å²) in [7, 11) is 0. The highest BCUT2D eigenvalue weighted by Gasteiger charge is 2.06. The number of amides is 1. The lowest BCUT2D eigenvalue weighted by molar-refractivity contribution is -0.111. The maximum Gasteiger partial charge on any atom is 0.248 e. The van der Waals surface area contributed by atoms with E-state index in [9.17, 15) is 4.79 Å². The molecule has 0 saturated heterocycles. The summed E-state index contributed by atoms with van der Waals surface area (Å²) >= 11 is 1.60. The van der Waals surface area contributed by atoms with Crippen LogP contribution in [0.3, 0.4) is 0 Å². The van der Waals surface area contributed by atoms with E-state index in [-0.39, 0.29) is 5.91 Å². The topological polar surface area (TPSA) is 46.4 Å². The van der Waals surface area contributed by atoms with Gasteiger partial charge in [-0.1, -0.05) is 42.5 Å². The molecule has 0 radical (unpaired) electrons. The van der Waals surface area contributed by atoms with Crippen LogP contribution in [0.1, 0.15) is 5.56 Å². The van der Waals surface area contributed by atoms with Crippen LogP contribution in [0.15, 0.2) is 78.4 Å². The maximum absolute atomic E-state index is 12.1. The van der Waals surface area contributed by atoms with Crippen LogP contribution >= 0.6 is 11.3 Å². The molecule has 25 heavy (non-hydrogen) atoms. The van der Waals surface area contributed by atoms with Crippen LogP contribution in [-0.2, 0) is 4.79 Å². The number of nitrogens with one attached hydrogen (secondary N) is 1. The van der Waals surface area contributed by atoms with Crippen LogP contribution in [0.5, 0.6) is 0 Å². The molecule has 2 aromatic carbocycles. The predicted octanol–water partition coefficient (Wildman–Crippen LogP) is 4.71. The summed E-state index contributed by atoms with van der Waals surface area (Å²) in [5, 5.41) is 4.89. The van der Waals surface area contributed by atoms with Crippen LogP contribution in [-0.4, -0.2) is 15.3 Å². The zero-order valence-corrected chi connectivity index (χ0v) is 14.1. The minimum absolute atomic E-state index is 0.160. The Hall–Kier alpha value is -3.18. The fourth-order valence-electron chi connectivity index (χ4n) is 2.54. The number of aromatic nitrogens is 2. The monoisotopic (exact) mass is 345 g/mol. The van der Waals surface area contributed by atoms with Gasteiger partial charge in [-0.15, -0.1) is 11.3 Å². The number of thiazole rings is 1. The molecule has 122 valence electrons. The minimum Gasteiger partial charge on any atom is -0.322 e. The van der Waals surface area contributed by atoms with Crippen molar-refractivity contribution in [1.29, 1.82) is 0 Å². The number of hydrogen-bond donors (Lipinski definition) is 1. The van der Waals surface area contributed by atoms with Gasteiger partial charge < -0.3 is 5.32 Å². The average molecular weight is 345 g/mol. The molecule has 2 heterocycles. The molecule has 0 saturated carbocycles. The number of fused-ring (bicyclic) bond motifs is 1. The highest BCUT2D eigenvalue weighted by Crippen LogP contribution is 2.24. The van der Waals surface area contributed by atoms with Gasteiger partial charge in [-0.2, -0.15) is 0 Å². The first-order chi connectivity index (χ1) is 12.3. The van der Waals surface area contributed by atoms with E-state index in [1.807, 2.05) is 76.8 Å². The zero-order valence-electron chi connectivity index (χ0n) is 13.3. The Morgan fingerprint density at radius 1 is 1.12 bits per heavy atom. The first kappa shape index (κ1) is 15.4. The van der Waals surface area contributed by atoms with Gasteiger partial charge in [0.2, 0.25) is 5.91 Å². The quantitative estimate of drug-likeness (QED) is 0.544. The van der Waals surface area contributed by atoms with Gasteiger partial charge in [-0.3, -0.25) is 9.20 Å². The molecular weight excluding hydrogens is 330 g/mol. The van der Waals surface area contributed by atoms with Crippen molar-refractivity contribution in [2.75, 3.05) is 5.32 Å². The van der Waals surface area contributed by atoms with Gasteiger partial charge in [-0.25, -0.2) is 4.98 Å². The fourth-order valence-corrected chi connectivity index (χ4v) is 3.24. The van der Waals surface area contributed by atoms with Gasteiger partial charge in [0.25, 0.3) is 0 Å². The molecule has 0 bridgehead atoms. The van der Waals surface area contributed by atoms with E-state index in [2.05, 4.69) is 10.3 Å². The molecule has 4 rings (SSSR count). The molecule has 1 N–H and O–H groups in total. The molecule has 0 aliphatic carbocycles. The van der Waals surface area contributed by atoms with Crippen LogP contribution in [0.2, 0.25) is 0 Å². The summed E-state index contributed by atoms with van der Waals surface area (Å²) in [6.07, 6.45) is 7.30. The van der Waals surface area contributed by atoms with Crippen LogP contribution in [0.4, 0.5) is 5.69 Å². The van der Waals surface area contributed by atoms with Crippen molar-refractivity contribution >= 4 is 34.0 Å². The number of nitrogens with zero attached hydrogens (tertiary/aromatic N) is 2. The molecule has 4 aromatic rings. The van der Waals surface area contributed by atoms with E-state index in [1.54, 1.807) is 17.4 Å². The fraction of sp³-hybridized carbons (Fsp3) is 0. The van der Waals surface area contributed by atoms with E-state index in [0.717, 1.165) is 27.5 Å². The predicted molar refractivity (Wildman–Crippen MR) is 103 cm³/mol. The second-order valence-electron chi connectivity index (χ2n) is 5.53. The summed E-state index contributed by atoms with van der Waals surface area (Å²) in [6, 6.07) is 17.4. The standard InChI is InChI=1S/C20H15N3OS/c24-19(10-9-15-5-2-1-3-6-15)21-17-8-4-7-16(13-17)18-14-23-11-12-25-20(23)22-18/h1-14H,(H,21,24). The molecule has 4 nitrogen and oxygen atoms in total. The van der Waals surface area contributed by atoms with Gasteiger partial charge in [0, 0.05) is 35.1 Å². The summed E-state index contributed by atoms with van der Waals surface area (Å²) in [5.41, 5.74) is 3.60. The SMILES string of the molecule is O=C(C=Cc1ccccc1)Nc1cccc(-c2cn3ccsc3n2)c1. The summed E-state index contributed by atoms with van der Waals surface area (Å²) < 4.78 is 1.99. The Morgan fingerprint density at radius 3 is 2.84 bits per heavy atom. The number of carbonyl (C=O) groups is 1. The lowest BCUT2D eigenvalue weighted by Gasteiger charge is -2.04. The van der Waals surface area contributed by atoms with Crippen molar-refractivity contribution in [3.05, 3.63) is 84.0 Å². The van der Waals surface area contributed by atoms with E-state index in [0.29, 0.717) is 0 Å². The number of carbonyl (C=O) groups excluding carboxylic acids is 1. The van der Waals surface area contributed by atoms with Crippen LogP contribution < -0.4 is 5.32 Å². The highest BCUT2D eigenvalue weighted by molar-refractivity contribution is 7.15. The minimum atomic E-state index is -0.160. The Kier molecular flexibility index (Phi) is 4.14. The molecule has 1 amide bonds. The van der Waals surface area contributed by atoms with Gasteiger partial charge >= 0.3 is 0 Å². The van der Waals surface area contributed by atoms with Crippen molar-refractivity contribution in [2.45, 2.75) is 0 Å². The van der Waals surface area contributed by atoms with Gasteiger partial charge in [-0.05, 0) is 23.8 Å². The molecule has 0 spiro atoms. The van der Waals surface area contributed by atoms with E-state index < -0.39 is 0 Å². The zero-order chi connectivity index (χ0) is 17.1. The molecule has 0 aliphatic heterocycles. The molecule has 0 aliphatic rings. The van der Waals surface area contributed by atoms with Gasteiger partial charge in [0.1, 0.15) is 0 Å². The average Bonchev–Trinajstić information content (AvgIpc) is 3.23. The van der Waals surface area contributed by atoms with Crippen molar-refractivity contribution < 1.29 is 4.79 Å². The second-order valence-corrected chi connectivity index (χ2v) is 6.41. The van der Waals surface area contributed by atoms with Crippen molar-refractivity contribution in [3.8, 4) is 11.3 Å². The Morgan fingerprint density at radius 2 is 2.00 bits per heavy atom. The second kappa shape index (κ2) is 6.75. The van der Waals surface area contributed by atoms with Crippen LogP contribution in [0.25, 0.3) is 22.3 Å². The Labute approximate surface area is 149 Å². The molecule has 0 fully saturated rings. The van der Waals surface area contributed by atoms with Gasteiger partial charge in [0.05, 0.1) is 5.69 Å². The third kappa shape index (κ3) is 3.51. The van der Waals surface area contributed by atoms with E-state index in [1.165, 1.54) is 6.08 Å². The smallest absolute Gasteiger partial charge is 0.248 e. The lowest BCUT2D eigenvalue weighted by atomic mass is 10.1. The summed E-state index contributed by atoms with van der Waals surface area (Å²) in [6.45, 7) is 0. The first-order valence-electron chi connectivity index (χ1n) is 7.85. The van der Waals surface area contributed by atoms with Crippen LogP contribution in [0, 0.1) is 0 Å². The lowest BCUT2D eigenvalue weighted by Crippen LogP contribution is -2.07. The largest absolute Gasteiger partial charge is 0.322 e. The molecule has 0 unspecified atom stereocenters. The third-order valence-corrected chi connectivity index (χ3v) is 4.52. The maximum atomic E-state index is 12.1. The van der Waals surface area contributed by atoms with E-state index in [4.69, 9.17) is 0 Å². The number of anilines is 1. The number of rotatable bonds is 4. The number of imidazole rings is 1. The number of hydrogen-bond acceptors (Lipinski definition) is 3. The normalized spacial score (nSPS) is 11.2.